The number of benzene rings is 1. The quantitative estimate of drug-likeness (QED) is 0.853. The van der Waals surface area contributed by atoms with E-state index in [0.717, 1.165) is 32.1 Å². The third kappa shape index (κ3) is 3.33. The maximum absolute atomic E-state index is 12.1. The molecule has 0 radical (unpaired) electrons. The molecule has 1 saturated carbocycles. The van der Waals surface area contributed by atoms with Crippen LogP contribution in [0.3, 0.4) is 0 Å². The molecule has 0 bridgehead atoms. The highest BCUT2D eigenvalue weighted by atomic mass is 16.2. The van der Waals surface area contributed by atoms with Crippen molar-refractivity contribution >= 4 is 6.03 Å². The molecule has 3 heteroatoms. The Kier molecular flexibility index (Phi) is 4.24. The third-order valence-electron chi connectivity index (χ3n) is 4.62. The van der Waals surface area contributed by atoms with Crippen molar-refractivity contribution in [1.82, 2.24) is 10.6 Å². The van der Waals surface area contributed by atoms with Gasteiger partial charge in [-0.05, 0) is 43.2 Å². The summed E-state index contributed by atoms with van der Waals surface area (Å²) in [5.74, 6) is 0. The standard InChI is InChI=1S/C17H24N2O/c20-17(18-15-8-2-1-3-9-15)19-16-11-10-13-6-4-5-7-14(13)12-16/h4-7,15-16H,1-3,8-12H2,(H2,18,19,20). The van der Waals surface area contributed by atoms with Gasteiger partial charge in [0.1, 0.15) is 0 Å². The summed E-state index contributed by atoms with van der Waals surface area (Å²) < 4.78 is 0. The minimum Gasteiger partial charge on any atom is -0.335 e. The molecule has 2 aliphatic rings. The smallest absolute Gasteiger partial charge is 0.315 e. The summed E-state index contributed by atoms with van der Waals surface area (Å²) in [6, 6.07) is 9.27. The van der Waals surface area contributed by atoms with Crippen LogP contribution in [0.15, 0.2) is 24.3 Å². The van der Waals surface area contributed by atoms with Crippen LogP contribution < -0.4 is 10.6 Å². The highest BCUT2D eigenvalue weighted by Gasteiger charge is 2.21. The highest BCUT2D eigenvalue weighted by molar-refractivity contribution is 5.74. The van der Waals surface area contributed by atoms with E-state index in [1.165, 1.54) is 30.4 Å². The summed E-state index contributed by atoms with van der Waals surface area (Å²) in [5.41, 5.74) is 2.83. The van der Waals surface area contributed by atoms with E-state index in [4.69, 9.17) is 0 Å². The van der Waals surface area contributed by atoms with E-state index in [9.17, 15) is 4.79 Å². The van der Waals surface area contributed by atoms with Gasteiger partial charge in [-0.25, -0.2) is 4.79 Å². The van der Waals surface area contributed by atoms with E-state index in [0.29, 0.717) is 6.04 Å². The SMILES string of the molecule is O=C(NC1CCCCC1)NC1CCc2ccccc2C1. The van der Waals surface area contributed by atoms with Gasteiger partial charge in [-0.1, -0.05) is 43.5 Å². The molecule has 1 fully saturated rings. The molecule has 1 aromatic rings. The molecule has 0 spiro atoms. The zero-order chi connectivity index (χ0) is 13.8. The number of urea groups is 1. The predicted octanol–water partition coefficient (Wildman–Crippen LogP) is 3.18. The first-order valence-corrected chi connectivity index (χ1v) is 7.95. The van der Waals surface area contributed by atoms with E-state index >= 15 is 0 Å². The van der Waals surface area contributed by atoms with Gasteiger partial charge in [0, 0.05) is 12.1 Å². The summed E-state index contributed by atoms with van der Waals surface area (Å²) in [6.45, 7) is 0. The monoisotopic (exact) mass is 272 g/mol. The van der Waals surface area contributed by atoms with Crippen LogP contribution in [0.25, 0.3) is 0 Å². The lowest BCUT2D eigenvalue weighted by molar-refractivity contribution is 0.227. The minimum atomic E-state index is 0.0290. The fourth-order valence-electron chi connectivity index (χ4n) is 3.48. The molecule has 3 rings (SSSR count). The van der Waals surface area contributed by atoms with Crippen LogP contribution in [0.5, 0.6) is 0 Å². The molecule has 3 nitrogen and oxygen atoms in total. The van der Waals surface area contributed by atoms with Crippen LogP contribution in [0.1, 0.15) is 49.7 Å². The lowest BCUT2D eigenvalue weighted by atomic mass is 9.88. The average Bonchev–Trinajstić information content (AvgIpc) is 2.48. The fraction of sp³-hybridized carbons (Fsp3) is 0.588. The summed E-state index contributed by atoms with van der Waals surface area (Å²) in [4.78, 5) is 12.1. The Morgan fingerprint density at radius 3 is 2.40 bits per heavy atom. The first-order valence-electron chi connectivity index (χ1n) is 7.95. The van der Waals surface area contributed by atoms with Crippen molar-refractivity contribution in [2.24, 2.45) is 0 Å². The Hall–Kier alpha value is -1.51. The number of amides is 2. The Bertz CT molecular complexity index is 466. The van der Waals surface area contributed by atoms with Crippen LogP contribution in [-0.4, -0.2) is 18.1 Å². The Balaban J connectivity index is 1.50. The zero-order valence-corrected chi connectivity index (χ0v) is 12.0. The number of rotatable bonds is 2. The van der Waals surface area contributed by atoms with Crippen molar-refractivity contribution in [2.45, 2.75) is 63.5 Å². The van der Waals surface area contributed by atoms with Gasteiger partial charge >= 0.3 is 6.03 Å². The Morgan fingerprint density at radius 2 is 1.60 bits per heavy atom. The molecule has 0 aliphatic heterocycles. The highest BCUT2D eigenvalue weighted by Crippen LogP contribution is 2.21. The lowest BCUT2D eigenvalue weighted by Gasteiger charge is -2.28. The molecule has 2 N–H and O–H groups in total. The number of aryl methyl sites for hydroxylation is 1. The van der Waals surface area contributed by atoms with E-state index in [2.05, 4.69) is 34.9 Å². The number of nitrogens with one attached hydrogen (secondary N) is 2. The molecule has 0 heterocycles. The number of fused-ring (bicyclic) bond motifs is 1. The van der Waals surface area contributed by atoms with E-state index < -0.39 is 0 Å². The van der Waals surface area contributed by atoms with Crippen molar-refractivity contribution in [3.8, 4) is 0 Å². The Labute approximate surface area is 121 Å². The maximum atomic E-state index is 12.1. The maximum Gasteiger partial charge on any atom is 0.315 e. The van der Waals surface area contributed by atoms with Crippen molar-refractivity contribution < 1.29 is 4.79 Å². The van der Waals surface area contributed by atoms with Gasteiger partial charge in [0.2, 0.25) is 0 Å². The van der Waals surface area contributed by atoms with Crippen molar-refractivity contribution in [2.75, 3.05) is 0 Å². The molecular weight excluding hydrogens is 248 g/mol. The van der Waals surface area contributed by atoms with Crippen LogP contribution in [0, 0.1) is 0 Å². The zero-order valence-electron chi connectivity index (χ0n) is 12.0. The average molecular weight is 272 g/mol. The van der Waals surface area contributed by atoms with Crippen LogP contribution in [0.4, 0.5) is 4.79 Å². The topological polar surface area (TPSA) is 41.1 Å². The van der Waals surface area contributed by atoms with Crippen LogP contribution in [-0.2, 0) is 12.8 Å². The molecular formula is C17H24N2O. The first kappa shape index (κ1) is 13.5. The summed E-state index contributed by atoms with van der Waals surface area (Å²) in [5, 5.41) is 6.30. The molecule has 2 aliphatic carbocycles. The van der Waals surface area contributed by atoms with Gasteiger partial charge in [0.15, 0.2) is 0 Å². The van der Waals surface area contributed by atoms with Gasteiger partial charge in [-0.3, -0.25) is 0 Å². The molecule has 1 unspecified atom stereocenters. The second kappa shape index (κ2) is 6.29. The normalized spacial score (nSPS) is 22.9. The molecule has 1 atom stereocenters. The summed E-state index contributed by atoms with van der Waals surface area (Å²) in [6.07, 6.45) is 9.19. The van der Waals surface area contributed by atoms with Crippen molar-refractivity contribution in [3.63, 3.8) is 0 Å². The number of hydrogen-bond donors (Lipinski definition) is 2. The van der Waals surface area contributed by atoms with Gasteiger partial charge < -0.3 is 10.6 Å². The fourth-order valence-corrected chi connectivity index (χ4v) is 3.48. The van der Waals surface area contributed by atoms with Gasteiger partial charge in [-0.15, -0.1) is 0 Å². The van der Waals surface area contributed by atoms with Crippen molar-refractivity contribution in [1.29, 1.82) is 0 Å². The van der Waals surface area contributed by atoms with Gasteiger partial charge in [0.05, 0.1) is 0 Å². The van der Waals surface area contributed by atoms with Crippen LogP contribution in [0.2, 0.25) is 0 Å². The summed E-state index contributed by atoms with van der Waals surface area (Å²) in [7, 11) is 0. The van der Waals surface area contributed by atoms with Crippen LogP contribution >= 0.6 is 0 Å². The molecule has 1 aromatic carbocycles. The number of carbonyl (C=O) groups is 1. The largest absolute Gasteiger partial charge is 0.335 e. The second-order valence-corrected chi connectivity index (χ2v) is 6.16. The second-order valence-electron chi connectivity index (χ2n) is 6.16. The molecule has 0 saturated heterocycles. The summed E-state index contributed by atoms with van der Waals surface area (Å²) >= 11 is 0. The molecule has 108 valence electrons. The third-order valence-corrected chi connectivity index (χ3v) is 4.62. The minimum absolute atomic E-state index is 0.0290. The molecule has 20 heavy (non-hydrogen) atoms. The lowest BCUT2D eigenvalue weighted by Crippen LogP contribution is -2.48. The molecule has 0 aromatic heterocycles. The Morgan fingerprint density at radius 1 is 0.900 bits per heavy atom. The first-order chi connectivity index (χ1) is 9.81. The number of hydrogen-bond acceptors (Lipinski definition) is 1. The van der Waals surface area contributed by atoms with Crippen molar-refractivity contribution in [3.05, 3.63) is 35.4 Å². The van der Waals surface area contributed by atoms with E-state index in [-0.39, 0.29) is 12.1 Å². The van der Waals surface area contributed by atoms with Gasteiger partial charge in [-0.2, -0.15) is 0 Å². The van der Waals surface area contributed by atoms with E-state index in [1.807, 2.05) is 0 Å². The molecule has 2 amide bonds. The van der Waals surface area contributed by atoms with E-state index in [1.54, 1.807) is 0 Å². The number of carbonyl (C=O) groups excluding carboxylic acids is 1. The predicted molar refractivity (Wildman–Crippen MR) is 80.8 cm³/mol. The van der Waals surface area contributed by atoms with Gasteiger partial charge in [0.25, 0.3) is 0 Å².